The van der Waals surface area contributed by atoms with Crippen molar-refractivity contribution in [3.63, 3.8) is 0 Å². The molecule has 4 aromatic heterocycles. The van der Waals surface area contributed by atoms with E-state index >= 15 is 0 Å². The van der Waals surface area contributed by atoms with Gasteiger partial charge >= 0.3 is 5.97 Å². The SMILES string of the molecule is CCCc1c2[nH]c(c1C)C=c1[nH]c(c(C(C)O)c1C)=Cc1[nH]c(c(C(C)O)c1C)C=c1[nH]c(c(CCC(=O)OC)c1C)=C2. The van der Waals surface area contributed by atoms with E-state index in [4.69, 9.17) is 4.74 Å². The number of aromatic nitrogens is 4. The van der Waals surface area contributed by atoms with E-state index in [9.17, 15) is 15.0 Å². The summed E-state index contributed by atoms with van der Waals surface area (Å²) in [6.45, 7) is 14.0. The third kappa shape index (κ3) is 5.57. The lowest BCUT2D eigenvalue weighted by Gasteiger charge is -2.05. The predicted octanol–water partition coefficient (Wildman–Crippen LogP) is 3.03. The third-order valence-corrected chi connectivity index (χ3v) is 8.93. The van der Waals surface area contributed by atoms with Crippen LogP contribution in [0.3, 0.4) is 0 Å². The van der Waals surface area contributed by atoms with Crippen molar-refractivity contribution in [2.24, 2.45) is 0 Å². The molecule has 0 aliphatic carbocycles. The highest BCUT2D eigenvalue weighted by atomic mass is 16.5. The van der Waals surface area contributed by atoms with Crippen molar-refractivity contribution >= 4 is 30.3 Å². The van der Waals surface area contributed by atoms with E-state index in [1.54, 1.807) is 13.8 Å². The van der Waals surface area contributed by atoms with E-state index in [1.165, 1.54) is 18.2 Å². The second-order valence-corrected chi connectivity index (χ2v) is 11.8. The van der Waals surface area contributed by atoms with Crippen molar-refractivity contribution in [2.75, 3.05) is 7.11 Å². The number of aliphatic hydroxyl groups excluding tert-OH is 2. The molecular formula is C35H44N4O4. The van der Waals surface area contributed by atoms with Crippen LogP contribution in [-0.2, 0) is 22.4 Å². The highest BCUT2D eigenvalue weighted by molar-refractivity contribution is 5.70. The van der Waals surface area contributed by atoms with Crippen LogP contribution in [0, 0.1) is 27.7 Å². The van der Waals surface area contributed by atoms with Gasteiger partial charge in [0, 0.05) is 61.7 Å². The molecule has 8 bridgehead atoms. The standard InChI is InChI=1S/C35H44N4O4/c1-9-10-23-17(2)25-13-27-19(4)34(21(6)40)32(38-27)15-28-20(5)35(22(7)41)31(39-28)14-26-18(3)24(11-12-33(42)43-8)30(37-26)16-29(23)36-25/h13-16,21-22,36-41H,9-12H2,1-8H3. The Labute approximate surface area is 251 Å². The first kappa shape index (κ1) is 30.4. The van der Waals surface area contributed by atoms with Crippen LogP contribution >= 0.6 is 0 Å². The maximum atomic E-state index is 12.1. The summed E-state index contributed by atoms with van der Waals surface area (Å²) in [5, 5.41) is 25.3. The van der Waals surface area contributed by atoms with Crippen molar-refractivity contribution in [1.82, 2.24) is 19.9 Å². The number of methoxy groups -OCH3 is 1. The molecule has 0 saturated heterocycles. The van der Waals surface area contributed by atoms with Crippen LogP contribution in [0.25, 0.3) is 24.3 Å². The Balaban J connectivity index is 1.93. The largest absolute Gasteiger partial charge is 0.469 e. The molecule has 4 aromatic rings. The normalized spacial score (nSPS) is 13.9. The molecule has 0 aromatic carbocycles. The molecule has 0 fully saturated rings. The fraction of sp³-hybridized carbons (Fsp3) is 0.400. The zero-order valence-corrected chi connectivity index (χ0v) is 26.5. The second kappa shape index (κ2) is 11.9. The van der Waals surface area contributed by atoms with E-state index in [0.29, 0.717) is 6.42 Å². The molecule has 0 spiro atoms. The molecule has 228 valence electrons. The van der Waals surface area contributed by atoms with Gasteiger partial charge in [-0.3, -0.25) is 4.79 Å². The number of H-pyrrole nitrogens is 4. The van der Waals surface area contributed by atoms with Crippen LogP contribution in [0.4, 0.5) is 0 Å². The van der Waals surface area contributed by atoms with Crippen molar-refractivity contribution in [1.29, 1.82) is 0 Å². The molecule has 0 radical (unpaired) electrons. The number of carbonyl (C=O) groups is 1. The molecular weight excluding hydrogens is 540 g/mol. The highest BCUT2D eigenvalue weighted by Crippen LogP contribution is 2.27. The zero-order valence-electron chi connectivity index (χ0n) is 26.5. The van der Waals surface area contributed by atoms with Crippen LogP contribution < -0.4 is 21.4 Å². The van der Waals surface area contributed by atoms with Gasteiger partial charge in [0.05, 0.1) is 19.3 Å². The lowest BCUT2D eigenvalue weighted by Crippen LogP contribution is -2.14. The van der Waals surface area contributed by atoms with Gasteiger partial charge in [-0.05, 0) is 112 Å². The van der Waals surface area contributed by atoms with Gasteiger partial charge < -0.3 is 34.9 Å². The van der Waals surface area contributed by atoms with Crippen LogP contribution in [0.15, 0.2) is 0 Å². The highest BCUT2D eigenvalue weighted by Gasteiger charge is 2.20. The zero-order chi connectivity index (χ0) is 31.2. The summed E-state index contributed by atoms with van der Waals surface area (Å²) in [7, 11) is 1.42. The number of rotatable bonds is 7. The van der Waals surface area contributed by atoms with Crippen molar-refractivity contribution in [2.45, 2.75) is 86.4 Å². The topological polar surface area (TPSA) is 130 Å². The van der Waals surface area contributed by atoms with E-state index in [1.807, 2.05) is 26.0 Å². The van der Waals surface area contributed by atoms with Gasteiger partial charge in [-0.1, -0.05) is 13.3 Å². The molecule has 0 saturated carbocycles. The summed E-state index contributed by atoms with van der Waals surface area (Å²) in [6.07, 6.45) is 9.71. The van der Waals surface area contributed by atoms with Gasteiger partial charge in [0.1, 0.15) is 0 Å². The van der Waals surface area contributed by atoms with Gasteiger partial charge in [0.15, 0.2) is 0 Å². The Morgan fingerprint density at radius 3 is 1.88 bits per heavy atom. The second-order valence-electron chi connectivity index (χ2n) is 11.8. The number of nitrogens with one attached hydrogen (secondary N) is 4. The molecule has 2 unspecified atom stereocenters. The minimum absolute atomic E-state index is 0.247. The van der Waals surface area contributed by atoms with Crippen LogP contribution in [-0.4, -0.2) is 43.2 Å². The van der Waals surface area contributed by atoms with E-state index in [-0.39, 0.29) is 12.4 Å². The van der Waals surface area contributed by atoms with Gasteiger partial charge in [0.25, 0.3) is 0 Å². The smallest absolute Gasteiger partial charge is 0.305 e. The molecule has 6 N–H and O–H groups in total. The first-order chi connectivity index (χ1) is 20.4. The number of aliphatic hydroxyl groups is 2. The molecule has 1 aliphatic heterocycles. The molecule has 1 aliphatic rings. The average molecular weight is 585 g/mol. The molecule has 5 heterocycles. The summed E-state index contributed by atoms with van der Waals surface area (Å²) in [5.41, 5.74) is 11.8. The number of esters is 1. The minimum atomic E-state index is -0.700. The quantitative estimate of drug-likeness (QED) is 0.164. The van der Waals surface area contributed by atoms with Crippen molar-refractivity contribution in [3.8, 4) is 0 Å². The Kier molecular flexibility index (Phi) is 8.45. The summed E-state index contributed by atoms with van der Waals surface area (Å²) in [4.78, 5) is 26.6. The Morgan fingerprint density at radius 1 is 0.674 bits per heavy atom. The molecule has 43 heavy (non-hydrogen) atoms. The number of hydrogen-bond donors (Lipinski definition) is 6. The maximum Gasteiger partial charge on any atom is 0.305 e. The Bertz CT molecular complexity index is 1940. The molecule has 0 amide bonds. The molecule has 8 heteroatoms. The van der Waals surface area contributed by atoms with Crippen LogP contribution in [0.1, 0.15) is 113 Å². The van der Waals surface area contributed by atoms with Crippen LogP contribution in [0.5, 0.6) is 0 Å². The minimum Gasteiger partial charge on any atom is -0.469 e. The van der Waals surface area contributed by atoms with Gasteiger partial charge in [-0.15, -0.1) is 0 Å². The number of carbonyl (C=O) groups excluding carboxylic acids is 1. The summed E-state index contributed by atoms with van der Waals surface area (Å²) < 4.78 is 4.96. The van der Waals surface area contributed by atoms with Gasteiger partial charge in [-0.2, -0.15) is 0 Å². The summed E-state index contributed by atoms with van der Waals surface area (Å²) in [5.74, 6) is -0.247. The van der Waals surface area contributed by atoms with E-state index < -0.39 is 12.2 Å². The van der Waals surface area contributed by atoms with Crippen LogP contribution in [0.2, 0.25) is 0 Å². The lowest BCUT2D eigenvalue weighted by molar-refractivity contribution is -0.140. The molecule has 8 nitrogen and oxygen atoms in total. The first-order valence-electron chi connectivity index (χ1n) is 15.1. The Morgan fingerprint density at radius 2 is 1.23 bits per heavy atom. The number of ether oxygens (including phenoxy) is 1. The first-order valence-corrected chi connectivity index (χ1v) is 15.1. The summed E-state index contributed by atoms with van der Waals surface area (Å²) in [6, 6.07) is 0. The monoisotopic (exact) mass is 584 g/mol. The maximum absolute atomic E-state index is 12.1. The van der Waals surface area contributed by atoms with Gasteiger partial charge in [-0.25, -0.2) is 0 Å². The fourth-order valence-corrected chi connectivity index (χ4v) is 6.59. The van der Waals surface area contributed by atoms with Crippen molar-refractivity contribution in [3.05, 3.63) is 88.7 Å². The van der Waals surface area contributed by atoms with Crippen molar-refractivity contribution < 1.29 is 19.7 Å². The number of hydrogen-bond acceptors (Lipinski definition) is 4. The molecule has 5 rings (SSSR count). The third-order valence-electron chi connectivity index (χ3n) is 8.93. The van der Waals surface area contributed by atoms with Gasteiger partial charge in [0.2, 0.25) is 0 Å². The number of fused-ring (bicyclic) bond motifs is 8. The van der Waals surface area contributed by atoms with E-state index in [0.717, 1.165) is 90.4 Å². The van der Waals surface area contributed by atoms with E-state index in [2.05, 4.69) is 52.9 Å². The Hall–Kier alpha value is -4.01. The summed E-state index contributed by atoms with van der Waals surface area (Å²) >= 11 is 0. The number of aromatic amines is 4. The average Bonchev–Trinajstić information content (AvgIpc) is 3.61. The molecule has 2 atom stereocenters. The predicted molar refractivity (Wildman–Crippen MR) is 170 cm³/mol. The lowest BCUT2D eigenvalue weighted by atomic mass is 10.0. The fourth-order valence-electron chi connectivity index (χ4n) is 6.59.